The quantitative estimate of drug-likeness (QED) is 0.531. The van der Waals surface area contributed by atoms with Gasteiger partial charge in [-0.25, -0.2) is 0 Å². The number of Topliss-reactive ketones (excluding diaryl/α,β-unsaturated/α-hetero) is 1. The first-order valence-electron chi connectivity index (χ1n) is 5.03. The Balaban J connectivity index is 2.50. The van der Waals surface area contributed by atoms with Gasteiger partial charge in [-0.15, -0.1) is 0 Å². The number of ether oxygens (including phenoxy) is 2. The molecule has 0 spiro atoms. The van der Waals surface area contributed by atoms with E-state index in [9.17, 15) is 4.79 Å². The van der Waals surface area contributed by atoms with E-state index in [1.54, 1.807) is 31.4 Å². The molecular formula is C12H16O3. The maximum atomic E-state index is 11.6. The molecule has 3 nitrogen and oxygen atoms in total. The fraction of sp³-hybridized carbons (Fsp3) is 0.417. The molecule has 0 aromatic heterocycles. The van der Waals surface area contributed by atoms with E-state index in [-0.39, 0.29) is 12.4 Å². The van der Waals surface area contributed by atoms with Gasteiger partial charge in [0.2, 0.25) is 0 Å². The molecule has 0 amide bonds. The maximum absolute atomic E-state index is 11.6. The van der Waals surface area contributed by atoms with E-state index in [1.165, 1.54) is 0 Å². The van der Waals surface area contributed by atoms with Crippen LogP contribution in [0.15, 0.2) is 24.3 Å². The average molecular weight is 208 g/mol. The number of ketones is 1. The highest BCUT2D eigenvalue weighted by Crippen LogP contribution is 2.11. The predicted molar refractivity (Wildman–Crippen MR) is 58.4 cm³/mol. The number of hydrogen-bond donors (Lipinski definition) is 0. The van der Waals surface area contributed by atoms with Crippen LogP contribution in [0.5, 0.6) is 5.75 Å². The summed E-state index contributed by atoms with van der Waals surface area (Å²) in [5, 5.41) is 0. The van der Waals surface area contributed by atoms with Crippen LogP contribution in [0.3, 0.4) is 0 Å². The molecule has 0 N–H and O–H groups in total. The van der Waals surface area contributed by atoms with E-state index in [0.29, 0.717) is 12.2 Å². The summed E-state index contributed by atoms with van der Waals surface area (Å²) in [6.45, 7) is 2.79. The Bertz CT molecular complexity index is 303. The minimum absolute atomic E-state index is 0.00565. The fourth-order valence-corrected chi connectivity index (χ4v) is 1.17. The molecule has 0 saturated heterocycles. The van der Waals surface area contributed by atoms with Crippen LogP contribution in [0.2, 0.25) is 0 Å². The molecule has 0 heterocycles. The SMILES string of the molecule is CCCOCC(=O)c1ccc(OC)cc1. The number of carbonyl (C=O) groups excluding carboxylic acids is 1. The lowest BCUT2D eigenvalue weighted by atomic mass is 10.1. The summed E-state index contributed by atoms with van der Waals surface area (Å²) in [5.41, 5.74) is 0.659. The van der Waals surface area contributed by atoms with Gasteiger partial charge in [-0.3, -0.25) is 4.79 Å². The molecule has 0 fully saturated rings. The third-order valence-electron chi connectivity index (χ3n) is 1.99. The monoisotopic (exact) mass is 208 g/mol. The first-order chi connectivity index (χ1) is 7.27. The minimum Gasteiger partial charge on any atom is -0.497 e. The average Bonchev–Trinajstić information content (AvgIpc) is 2.29. The molecular weight excluding hydrogens is 192 g/mol. The summed E-state index contributed by atoms with van der Waals surface area (Å²) < 4.78 is 10.2. The van der Waals surface area contributed by atoms with Gasteiger partial charge >= 0.3 is 0 Å². The van der Waals surface area contributed by atoms with Gasteiger partial charge in [-0.1, -0.05) is 6.92 Å². The molecule has 1 aromatic carbocycles. The summed E-state index contributed by atoms with van der Waals surface area (Å²) in [4.78, 5) is 11.6. The van der Waals surface area contributed by atoms with E-state index in [2.05, 4.69) is 0 Å². The van der Waals surface area contributed by atoms with Crippen molar-refractivity contribution in [2.45, 2.75) is 13.3 Å². The fourth-order valence-electron chi connectivity index (χ4n) is 1.17. The Morgan fingerprint density at radius 2 is 1.93 bits per heavy atom. The lowest BCUT2D eigenvalue weighted by Crippen LogP contribution is -2.09. The molecule has 1 rings (SSSR count). The highest BCUT2D eigenvalue weighted by molar-refractivity contribution is 5.97. The molecule has 0 aliphatic heterocycles. The molecule has 0 atom stereocenters. The van der Waals surface area contributed by atoms with E-state index in [4.69, 9.17) is 9.47 Å². The van der Waals surface area contributed by atoms with Crippen LogP contribution in [0.4, 0.5) is 0 Å². The molecule has 1 aromatic rings. The van der Waals surface area contributed by atoms with Crippen molar-refractivity contribution in [3.63, 3.8) is 0 Å². The molecule has 15 heavy (non-hydrogen) atoms. The second kappa shape index (κ2) is 6.19. The van der Waals surface area contributed by atoms with Crippen molar-refractivity contribution in [1.29, 1.82) is 0 Å². The van der Waals surface area contributed by atoms with Crippen LogP contribution in [0.1, 0.15) is 23.7 Å². The summed E-state index contributed by atoms with van der Waals surface area (Å²) in [6.07, 6.45) is 0.926. The van der Waals surface area contributed by atoms with Gasteiger partial charge in [0.1, 0.15) is 12.4 Å². The number of hydrogen-bond acceptors (Lipinski definition) is 3. The van der Waals surface area contributed by atoms with Gasteiger partial charge in [0.15, 0.2) is 5.78 Å². The Morgan fingerprint density at radius 3 is 2.47 bits per heavy atom. The van der Waals surface area contributed by atoms with Crippen molar-refractivity contribution >= 4 is 5.78 Å². The zero-order chi connectivity index (χ0) is 11.1. The van der Waals surface area contributed by atoms with Gasteiger partial charge in [0.05, 0.1) is 7.11 Å². The first kappa shape index (κ1) is 11.7. The highest BCUT2D eigenvalue weighted by atomic mass is 16.5. The van der Waals surface area contributed by atoms with Crippen molar-refractivity contribution in [3.05, 3.63) is 29.8 Å². The van der Waals surface area contributed by atoms with Crippen LogP contribution in [0, 0.1) is 0 Å². The molecule has 0 bridgehead atoms. The standard InChI is InChI=1S/C12H16O3/c1-3-8-15-9-12(13)10-4-6-11(14-2)7-5-10/h4-7H,3,8-9H2,1-2H3. The van der Waals surface area contributed by atoms with Crippen molar-refractivity contribution < 1.29 is 14.3 Å². The predicted octanol–water partition coefficient (Wildman–Crippen LogP) is 2.30. The van der Waals surface area contributed by atoms with E-state index in [1.807, 2.05) is 6.92 Å². The third kappa shape index (κ3) is 3.72. The number of benzene rings is 1. The maximum Gasteiger partial charge on any atom is 0.188 e. The number of methoxy groups -OCH3 is 1. The van der Waals surface area contributed by atoms with Gasteiger partial charge in [0.25, 0.3) is 0 Å². The Labute approximate surface area is 90.0 Å². The third-order valence-corrected chi connectivity index (χ3v) is 1.99. The number of rotatable bonds is 6. The Morgan fingerprint density at radius 1 is 1.27 bits per heavy atom. The topological polar surface area (TPSA) is 35.5 Å². The summed E-state index contributed by atoms with van der Waals surface area (Å²) >= 11 is 0. The van der Waals surface area contributed by atoms with Crippen molar-refractivity contribution in [1.82, 2.24) is 0 Å². The Kier molecular flexibility index (Phi) is 4.84. The van der Waals surface area contributed by atoms with Crippen molar-refractivity contribution in [3.8, 4) is 5.75 Å². The van der Waals surface area contributed by atoms with Gasteiger partial charge in [0, 0.05) is 12.2 Å². The minimum atomic E-state index is 0.00565. The second-order valence-corrected chi connectivity index (χ2v) is 3.20. The van der Waals surface area contributed by atoms with E-state index in [0.717, 1.165) is 12.2 Å². The van der Waals surface area contributed by atoms with Crippen LogP contribution >= 0.6 is 0 Å². The molecule has 0 radical (unpaired) electrons. The van der Waals surface area contributed by atoms with E-state index >= 15 is 0 Å². The molecule has 82 valence electrons. The smallest absolute Gasteiger partial charge is 0.188 e. The van der Waals surface area contributed by atoms with E-state index < -0.39 is 0 Å². The largest absolute Gasteiger partial charge is 0.497 e. The normalized spacial score (nSPS) is 10.0. The highest BCUT2D eigenvalue weighted by Gasteiger charge is 2.05. The lowest BCUT2D eigenvalue weighted by Gasteiger charge is -2.03. The van der Waals surface area contributed by atoms with Gasteiger partial charge < -0.3 is 9.47 Å². The van der Waals surface area contributed by atoms with Crippen molar-refractivity contribution in [2.24, 2.45) is 0 Å². The zero-order valence-corrected chi connectivity index (χ0v) is 9.16. The zero-order valence-electron chi connectivity index (χ0n) is 9.16. The lowest BCUT2D eigenvalue weighted by molar-refractivity contribution is 0.0761. The van der Waals surface area contributed by atoms with Crippen LogP contribution < -0.4 is 4.74 Å². The van der Waals surface area contributed by atoms with Crippen LogP contribution in [0.25, 0.3) is 0 Å². The summed E-state index contributed by atoms with van der Waals surface area (Å²) in [6, 6.07) is 7.03. The molecule has 3 heteroatoms. The van der Waals surface area contributed by atoms with Gasteiger partial charge in [-0.2, -0.15) is 0 Å². The molecule has 0 unspecified atom stereocenters. The van der Waals surface area contributed by atoms with Gasteiger partial charge in [-0.05, 0) is 30.7 Å². The van der Waals surface area contributed by atoms with Crippen molar-refractivity contribution in [2.75, 3.05) is 20.3 Å². The summed E-state index contributed by atoms with van der Waals surface area (Å²) in [5.74, 6) is 0.757. The van der Waals surface area contributed by atoms with Crippen LogP contribution in [-0.2, 0) is 4.74 Å². The molecule has 0 aliphatic carbocycles. The number of carbonyl (C=O) groups is 1. The summed E-state index contributed by atoms with van der Waals surface area (Å²) in [7, 11) is 1.60. The first-order valence-corrected chi connectivity index (χ1v) is 5.03. The molecule has 0 saturated carbocycles. The Hall–Kier alpha value is -1.35. The second-order valence-electron chi connectivity index (χ2n) is 3.20. The van der Waals surface area contributed by atoms with Crippen LogP contribution in [-0.4, -0.2) is 26.1 Å². The molecule has 0 aliphatic rings.